The molecule has 2 atom stereocenters. The Bertz CT molecular complexity index is 511. The maximum absolute atomic E-state index is 12.2. The number of rotatable bonds is 4. The van der Waals surface area contributed by atoms with Crippen molar-refractivity contribution >= 4 is 17.8 Å². The summed E-state index contributed by atoms with van der Waals surface area (Å²) in [5.41, 5.74) is 0.320. The van der Waals surface area contributed by atoms with Crippen molar-refractivity contribution in [1.29, 1.82) is 0 Å². The van der Waals surface area contributed by atoms with Crippen LogP contribution in [0, 0.1) is 0 Å². The normalized spacial score (nSPS) is 19.6. The summed E-state index contributed by atoms with van der Waals surface area (Å²) < 4.78 is 4.79. The highest BCUT2D eigenvalue weighted by atomic mass is 16.4. The molecule has 108 valence electrons. The summed E-state index contributed by atoms with van der Waals surface area (Å²) >= 11 is 0. The quantitative estimate of drug-likeness (QED) is 0.835. The van der Waals surface area contributed by atoms with Gasteiger partial charge in [-0.25, -0.2) is 4.79 Å². The van der Waals surface area contributed by atoms with Crippen molar-refractivity contribution in [3.63, 3.8) is 0 Å². The first-order chi connectivity index (χ1) is 9.50. The molecule has 0 radical (unpaired) electrons. The number of carboxylic acid groups (broad SMARTS) is 1. The van der Waals surface area contributed by atoms with Crippen LogP contribution in [-0.2, 0) is 9.59 Å². The lowest BCUT2D eigenvalue weighted by atomic mass is 10.2. The van der Waals surface area contributed by atoms with Crippen molar-refractivity contribution in [2.75, 3.05) is 6.54 Å². The molecule has 1 aliphatic heterocycles. The van der Waals surface area contributed by atoms with Crippen molar-refractivity contribution in [3.8, 4) is 0 Å². The van der Waals surface area contributed by atoms with E-state index in [1.54, 1.807) is 0 Å². The van der Waals surface area contributed by atoms with Gasteiger partial charge in [-0.05, 0) is 25.8 Å². The van der Waals surface area contributed by atoms with E-state index in [-0.39, 0.29) is 5.91 Å². The van der Waals surface area contributed by atoms with E-state index in [9.17, 15) is 14.4 Å². The molecule has 20 heavy (non-hydrogen) atoms. The first-order valence-electron chi connectivity index (χ1n) is 6.37. The number of carbonyl (C=O) groups is 3. The van der Waals surface area contributed by atoms with Crippen molar-refractivity contribution in [3.05, 3.63) is 24.2 Å². The minimum absolute atomic E-state index is 0.320. The Morgan fingerprint density at radius 3 is 2.85 bits per heavy atom. The Kier molecular flexibility index (Phi) is 4.07. The molecule has 1 fully saturated rings. The zero-order chi connectivity index (χ0) is 14.7. The van der Waals surface area contributed by atoms with Crippen LogP contribution in [0.1, 0.15) is 30.1 Å². The van der Waals surface area contributed by atoms with E-state index >= 15 is 0 Å². The van der Waals surface area contributed by atoms with Crippen LogP contribution in [0.4, 0.5) is 0 Å². The van der Waals surface area contributed by atoms with Gasteiger partial charge < -0.3 is 19.7 Å². The molecule has 2 rings (SSSR count). The molecule has 1 aliphatic rings. The molecule has 0 bridgehead atoms. The van der Waals surface area contributed by atoms with Crippen LogP contribution in [0.15, 0.2) is 23.0 Å². The molecule has 2 amide bonds. The van der Waals surface area contributed by atoms with E-state index in [2.05, 4.69) is 5.32 Å². The summed E-state index contributed by atoms with van der Waals surface area (Å²) in [6.45, 7) is 1.94. The van der Waals surface area contributed by atoms with Crippen molar-refractivity contribution in [1.82, 2.24) is 10.2 Å². The summed E-state index contributed by atoms with van der Waals surface area (Å²) in [5.74, 6) is -1.82. The van der Waals surface area contributed by atoms with Gasteiger partial charge >= 0.3 is 5.97 Å². The molecule has 2 N–H and O–H groups in total. The lowest BCUT2D eigenvalue weighted by molar-refractivity contribution is -0.148. The average Bonchev–Trinajstić information content (AvgIpc) is 3.08. The minimum Gasteiger partial charge on any atom is -0.480 e. The summed E-state index contributed by atoms with van der Waals surface area (Å²) in [6, 6.07) is -0.0873. The van der Waals surface area contributed by atoms with Gasteiger partial charge in [0, 0.05) is 6.54 Å². The van der Waals surface area contributed by atoms with Gasteiger partial charge in [-0.15, -0.1) is 0 Å². The maximum atomic E-state index is 12.2. The Hall–Kier alpha value is -2.31. The largest absolute Gasteiger partial charge is 0.480 e. The number of likely N-dealkylation sites (tertiary alicyclic amines) is 1. The molecule has 2 heterocycles. The second-order valence-electron chi connectivity index (χ2n) is 4.74. The highest BCUT2D eigenvalue weighted by Gasteiger charge is 2.36. The van der Waals surface area contributed by atoms with E-state index < -0.39 is 24.0 Å². The predicted molar refractivity (Wildman–Crippen MR) is 68.0 cm³/mol. The van der Waals surface area contributed by atoms with Crippen LogP contribution in [0.25, 0.3) is 0 Å². The molecule has 0 saturated carbocycles. The minimum atomic E-state index is -1.01. The summed E-state index contributed by atoms with van der Waals surface area (Å²) in [4.78, 5) is 36.3. The molecule has 1 unspecified atom stereocenters. The number of furan rings is 1. The number of aliphatic carboxylic acids is 1. The molecule has 1 aromatic rings. The molecular formula is C13H16N2O5. The Morgan fingerprint density at radius 2 is 2.25 bits per heavy atom. The smallest absolute Gasteiger partial charge is 0.326 e. The number of hydrogen-bond donors (Lipinski definition) is 2. The van der Waals surface area contributed by atoms with Gasteiger partial charge in [0.1, 0.15) is 18.3 Å². The third-order valence-electron chi connectivity index (χ3n) is 3.32. The van der Waals surface area contributed by atoms with Crippen LogP contribution in [0.3, 0.4) is 0 Å². The molecule has 1 saturated heterocycles. The van der Waals surface area contributed by atoms with Gasteiger partial charge in [0.25, 0.3) is 5.91 Å². The fourth-order valence-electron chi connectivity index (χ4n) is 2.27. The fraction of sp³-hybridized carbons (Fsp3) is 0.462. The lowest BCUT2D eigenvalue weighted by Gasteiger charge is -2.25. The maximum Gasteiger partial charge on any atom is 0.326 e. The van der Waals surface area contributed by atoms with Gasteiger partial charge in [-0.2, -0.15) is 0 Å². The predicted octanol–water partition coefficient (Wildman–Crippen LogP) is 0.473. The topological polar surface area (TPSA) is 99.9 Å². The van der Waals surface area contributed by atoms with Crippen molar-refractivity contribution in [2.24, 2.45) is 0 Å². The zero-order valence-electron chi connectivity index (χ0n) is 11.0. The van der Waals surface area contributed by atoms with Gasteiger partial charge in [0.2, 0.25) is 5.91 Å². The first kappa shape index (κ1) is 14.1. The number of nitrogens with one attached hydrogen (secondary N) is 1. The number of hydrogen-bond acceptors (Lipinski definition) is 4. The first-order valence-corrected chi connectivity index (χ1v) is 6.37. The van der Waals surface area contributed by atoms with Crippen molar-refractivity contribution in [2.45, 2.75) is 31.8 Å². The summed E-state index contributed by atoms with van der Waals surface area (Å²) in [5, 5.41) is 11.6. The van der Waals surface area contributed by atoms with Gasteiger partial charge in [0.15, 0.2) is 0 Å². The molecule has 7 heteroatoms. The molecule has 1 aromatic heterocycles. The fourth-order valence-corrected chi connectivity index (χ4v) is 2.27. The standard InChI is InChI=1S/C13H16N2O5/c1-8(14-11(16)9-4-6-20-7-9)12(17)15-5-2-3-10(15)13(18)19/h4,6-8,10H,2-3,5H2,1H3,(H,14,16)(H,18,19)/t8?,10-/m0/s1. The molecule has 0 aromatic carbocycles. The Morgan fingerprint density at radius 1 is 1.50 bits per heavy atom. The number of nitrogens with zero attached hydrogens (tertiary/aromatic N) is 1. The van der Waals surface area contributed by atoms with E-state index in [1.165, 1.54) is 30.4 Å². The van der Waals surface area contributed by atoms with Crippen LogP contribution in [0.2, 0.25) is 0 Å². The van der Waals surface area contributed by atoms with Crippen LogP contribution in [0.5, 0.6) is 0 Å². The number of carboxylic acids is 1. The third-order valence-corrected chi connectivity index (χ3v) is 3.32. The highest BCUT2D eigenvalue weighted by Crippen LogP contribution is 2.18. The second-order valence-corrected chi connectivity index (χ2v) is 4.74. The summed E-state index contributed by atoms with van der Waals surface area (Å²) in [6.07, 6.45) is 3.75. The van der Waals surface area contributed by atoms with Crippen molar-refractivity contribution < 1.29 is 23.9 Å². The lowest BCUT2D eigenvalue weighted by Crippen LogP contribution is -2.50. The summed E-state index contributed by atoms with van der Waals surface area (Å²) in [7, 11) is 0. The Balaban J connectivity index is 1.98. The van der Waals surface area contributed by atoms with Crippen LogP contribution >= 0.6 is 0 Å². The third kappa shape index (κ3) is 2.81. The highest BCUT2D eigenvalue weighted by molar-refractivity contribution is 5.97. The van der Waals surface area contributed by atoms with E-state index in [4.69, 9.17) is 9.52 Å². The number of amides is 2. The SMILES string of the molecule is CC(NC(=O)c1ccoc1)C(=O)N1CCC[C@H]1C(=O)O. The van der Waals surface area contributed by atoms with Gasteiger partial charge in [-0.3, -0.25) is 9.59 Å². The van der Waals surface area contributed by atoms with Gasteiger partial charge in [-0.1, -0.05) is 0 Å². The van der Waals surface area contributed by atoms with Gasteiger partial charge in [0.05, 0.1) is 11.8 Å². The van der Waals surface area contributed by atoms with Crippen LogP contribution < -0.4 is 5.32 Å². The van der Waals surface area contributed by atoms with E-state index in [1.807, 2.05) is 0 Å². The molecule has 7 nitrogen and oxygen atoms in total. The average molecular weight is 280 g/mol. The monoisotopic (exact) mass is 280 g/mol. The molecular weight excluding hydrogens is 264 g/mol. The molecule has 0 aliphatic carbocycles. The number of carbonyl (C=O) groups excluding carboxylic acids is 2. The van der Waals surface area contributed by atoms with Crippen LogP contribution in [-0.4, -0.2) is 46.4 Å². The Labute approximate surface area is 115 Å². The molecule has 0 spiro atoms. The van der Waals surface area contributed by atoms with E-state index in [0.29, 0.717) is 24.9 Å². The van der Waals surface area contributed by atoms with E-state index in [0.717, 1.165) is 0 Å². The second kappa shape index (κ2) is 5.77. The zero-order valence-corrected chi connectivity index (χ0v) is 11.0.